The molecule has 0 amide bonds. The van der Waals surface area contributed by atoms with E-state index in [1.165, 1.54) is 12.1 Å². The molecule has 0 N–H and O–H groups in total. The molecule has 1 aromatic rings. The van der Waals surface area contributed by atoms with Crippen molar-refractivity contribution in [2.75, 3.05) is 18.0 Å². The summed E-state index contributed by atoms with van der Waals surface area (Å²) in [5, 5.41) is 9.15. The van der Waals surface area contributed by atoms with E-state index in [2.05, 4.69) is 4.90 Å². The summed E-state index contributed by atoms with van der Waals surface area (Å²) < 4.78 is 18.6. The Morgan fingerprint density at radius 3 is 2.61 bits per heavy atom. The van der Waals surface area contributed by atoms with Gasteiger partial charge < -0.3 is 9.64 Å². The fourth-order valence-electron chi connectivity index (χ4n) is 2.87. The second kappa shape index (κ2) is 6.99. The fourth-order valence-corrected chi connectivity index (χ4v) is 2.87. The minimum Gasteiger partial charge on any atom is -0.460 e. The third kappa shape index (κ3) is 4.95. The SMILES string of the molecule is CC(C)(C)OC(=O)CC1CCN(c2ccc(F)cc2C#N)CC1. The molecule has 1 aliphatic heterocycles. The molecule has 5 heteroatoms. The first kappa shape index (κ1) is 17.3. The van der Waals surface area contributed by atoms with E-state index < -0.39 is 11.4 Å². The molecule has 0 aromatic heterocycles. The molecule has 0 unspecified atom stereocenters. The second-order valence-electron chi connectivity index (χ2n) is 6.99. The molecular weight excluding hydrogens is 295 g/mol. The van der Waals surface area contributed by atoms with Gasteiger partial charge in [0.05, 0.1) is 11.3 Å². The van der Waals surface area contributed by atoms with Crippen molar-refractivity contribution in [3.63, 3.8) is 0 Å². The number of carbonyl (C=O) groups is 1. The van der Waals surface area contributed by atoms with Crippen LogP contribution < -0.4 is 4.90 Å². The first-order chi connectivity index (χ1) is 10.8. The van der Waals surface area contributed by atoms with Gasteiger partial charge in [-0.25, -0.2) is 4.39 Å². The molecule has 1 fully saturated rings. The van der Waals surface area contributed by atoms with Gasteiger partial charge in [-0.05, 0) is 57.7 Å². The highest BCUT2D eigenvalue weighted by atomic mass is 19.1. The number of hydrogen-bond acceptors (Lipinski definition) is 4. The zero-order valence-electron chi connectivity index (χ0n) is 13.9. The van der Waals surface area contributed by atoms with Crippen molar-refractivity contribution >= 4 is 11.7 Å². The Morgan fingerprint density at radius 1 is 1.39 bits per heavy atom. The highest BCUT2D eigenvalue weighted by Crippen LogP contribution is 2.28. The van der Waals surface area contributed by atoms with Gasteiger partial charge in [0, 0.05) is 19.5 Å². The topological polar surface area (TPSA) is 53.3 Å². The first-order valence-corrected chi connectivity index (χ1v) is 7.95. The average Bonchev–Trinajstić information content (AvgIpc) is 2.46. The summed E-state index contributed by atoms with van der Waals surface area (Å²) in [6.45, 7) is 7.12. The van der Waals surface area contributed by atoms with Crippen LogP contribution in [0.1, 0.15) is 45.6 Å². The summed E-state index contributed by atoms with van der Waals surface area (Å²) in [4.78, 5) is 14.0. The number of rotatable bonds is 3. The van der Waals surface area contributed by atoms with Gasteiger partial charge in [-0.15, -0.1) is 0 Å². The van der Waals surface area contributed by atoms with Crippen molar-refractivity contribution in [2.24, 2.45) is 5.92 Å². The van der Waals surface area contributed by atoms with Gasteiger partial charge in [0.15, 0.2) is 0 Å². The maximum Gasteiger partial charge on any atom is 0.306 e. The first-order valence-electron chi connectivity index (χ1n) is 7.95. The molecule has 1 saturated heterocycles. The molecule has 1 aromatic carbocycles. The molecule has 4 nitrogen and oxygen atoms in total. The van der Waals surface area contributed by atoms with Gasteiger partial charge in [0.2, 0.25) is 0 Å². The monoisotopic (exact) mass is 318 g/mol. The van der Waals surface area contributed by atoms with Crippen LogP contribution in [0.4, 0.5) is 10.1 Å². The number of ether oxygens (including phenoxy) is 1. The van der Waals surface area contributed by atoms with Crippen molar-refractivity contribution in [1.82, 2.24) is 0 Å². The molecule has 0 saturated carbocycles. The molecule has 0 spiro atoms. The van der Waals surface area contributed by atoms with Gasteiger partial charge in [0.25, 0.3) is 0 Å². The normalized spacial score (nSPS) is 16.0. The lowest BCUT2D eigenvalue weighted by Gasteiger charge is -2.34. The Hall–Kier alpha value is -2.09. The number of anilines is 1. The van der Waals surface area contributed by atoms with E-state index in [9.17, 15) is 9.18 Å². The average molecular weight is 318 g/mol. The Labute approximate surface area is 136 Å². The summed E-state index contributed by atoms with van der Waals surface area (Å²) in [6, 6.07) is 6.35. The van der Waals surface area contributed by atoms with Crippen LogP contribution in [-0.4, -0.2) is 24.7 Å². The summed E-state index contributed by atoms with van der Waals surface area (Å²) in [5.41, 5.74) is 0.674. The number of nitrogens with zero attached hydrogens (tertiary/aromatic N) is 2. The number of benzene rings is 1. The lowest BCUT2D eigenvalue weighted by atomic mass is 9.93. The molecular formula is C18H23FN2O2. The van der Waals surface area contributed by atoms with Crippen LogP contribution in [0.3, 0.4) is 0 Å². The summed E-state index contributed by atoms with van der Waals surface area (Å²) >= 11 is 0. The Morgan fingerprint density at radius 2 is 2.04 bits per heavy atom. The Bertz CT molecular complexity index is 608. The number of piperidine rings is 1. The van der Waals surface area contributed by atoms with Gasteiger partial charge in [-0.3, -0.25) is 4.79 Å². The zero-order chi connectivity index (χ0) is 17.0. The van der Waals surface area contributed by atoms with Gasteiger partial charge >= 0.3 is 5.97 Å². The van der Waals surface area contributed by atoms with Crippen LogP contribution in [0, 0.1) is 23.1 Å². The smallest absolute Gasteiger partial charge is 0.306 e. The predicted molar refractivity (Wildman–Crippen MR) is 86.5 cm³/mol. The lowest BCUT2D eigenvalue weighted by Crippen LogP contribution is -2.35. The molecule has 2 rings (SSSR count). The zero-order valence-corrected chi connectivity index (χ0v) is 13.9. The Kier molecular flexibility index (Phi) is 5.25. The minimum atomic E-state index is -0.451. The molecule has 1 aliphatic rings. The van der Waals surface area contributed by atoms with Crippen molar-refractivity contribution in [3.8, 4) is 6.07 Å². The molecule has 124 valence electrons. The third-order valence-corrected chi connectivity index (χ3v) is 3.91. The minimum absolute atomic E-state index is 0.157. The lowest BCUT2D eigenvalue weighted by molar-refractivity contribution is -0.156. The molecule has 1 heterocycles. The molecule has 0 aliphatic carbocycles. The van der Waals surface area contributed by atoms with Crippen LogP contribution in [-0.2, 0) is 9.53 Å². The second-order valence-corrected chi connectivity index (χ2v) is 6.99. The van der Waals surface area contributed by atoms with Gasteiger partial charge in [-0.2, -0.15) is 5.26 Å². The molecule has 0 radical (unpaired) electrons. The quantitative estimate of drug-likeness (QED) is 0.798. The standard InChI is InChI=1S/C18H23FN2O2/c1-18(2,3)23-17(22)10-13-6-8-21(9-7-13)16-5-4-15(19)11-14(16)12-20/h4-5,11,13H,6-10H2,1-3H3. The number of carbonyl (C=O) groups excluding carboxylic acids is 1. The van der Waals surface area contributed by atoms with Crippen LogP contribution in [0.15, 0.2) is 18.2 Å². The van der Waals surface area contributed by atoms with Crippen molar-refractivity contribution in [2.45, 2.75) is 45.6 Å². The van der Waals surface area contributed by atoms with Crippen molar-refractivity contribution in [1.29, 1.82) is 5.26 Å². The fraction of sp³-hybridized carbons (Fsp3) is 0.556. The van der Waals surface area contributed by atoms with Crippen LogP contribution in [0.25, 0.3) is 0 Å². The number of nitriles is 1. The van der Waals surface area contributed by atoms with Crippen LogP contribution in [0.5, 0.6) is 0 Å². The number of esters is 1. The van der Waals surface area contributed by atoms with E-state index in [1.807, 2.05) is 26.8 Å². The molecule has 23 heavy (non-hydrogen) atoms. The summed E-state index contributed by atoms with van der Waals surface area (Å²) in [7, 11) is 0. The van der Waals surface area contributed by atoms with E-state index in [0.717, 1.165) is 31.6 Å². The van der Waals surface area contributed by atoms with E-state index in [-0.39, 0.29) is 5.97 Å². The van der Waals surface area contributed by atoms with Gasteiger partial charge in [0.1, 0.15) is 17.5 Å². The van der Waals surface area contributed by atoms with Gasteiger partial charge in [-0.1, -0.05) is 0 Å². The molecule has 0 atom stereocenters. The summed E-state index contributed by atoms with van der Waals surface area (Å²) in [6.07, 6.45) is 2.16. The van der Waals surface area contributed by atoms with Crippen LogP contribution >= 0.6 is 0 Å². The largest absolute Gasteiger partial charge is 0.460 e. The highest BCUT2D eigenvalue weighted by molar-refractivity contribution is 5.70. The predicted octanol–water partition coefficient (Wildman–Crippen LogP) is 3.65. The van der Waals surface area contributed by atoms with E-state index in [0.29, 0.717) is 17.9 Å². The highest BCUT2D eigenvalue weighted by Gasteiger charge is 2.25. The van der Waals surface area contributed by atoms with E-state index in [4.69, 9.17) is 10.00 Å². The Balaban J connectivity index is 1.92. The van der Waals surface area contributed by atoms with E-state index >= 15 is 0 Å². The maximum absolute atomic E-state index is 13.2. The van der Waals surface area contributed by atoms with Crippen molar-refractivity contribution in [3.05, 3.63) is 29.6 Å². The van der Waals surface area contributed by atoms with Crippen LogP contribution in [0.2, 0.25) is 0 Å². The maximum atomic E-state index is 13.2. The third-order valence-electron chi connectivity index (χ3n) is 3.91. The summed E-state index contributed by atoms with van der Waals surface area (Å²) in [5.74, 6) is -0.257. The number of hydrogen-bond donors (Lipinski definition) is 0. The van der Waals surface area contributed by atoms with Crippen molar-refractivity contribution < 1.29 is 13.9 Å². The number of halogens is 1. The van der Waals surface area contributed by atoms with E-state index in [1.54, 1.807) is 6.07 Å². The molecule has 0 bridgehead atoms.